The first kappa shape index (κ1) is 26.4. The summed E-state index contributed by atoms with van der Waals surface area (Å²) < 4.78 is 50.6. The van der Waals surface area contributed by atoms with Gasteiger partial charge in [0.2, 0.25) is 5.88 Å². The van der Waals surface area contributed by atoms with Crippen molar-refractivity contribution in [3.8, 4) is 17.0 Å². The summed E-state index contributed by atoms with van der Waals surface area (Å²) in [7, 11) is 0. The summed E-state index contributed by atoms with van der Waals surface area (Å²) in [6.45, 7) is 6.52. The highest BCUT2D eigenvalue weighted by molar-refractivity contribution is 6.04. The van der Waals surface area contributed by atoms with Crippen molar-refractivity contribution in [2.24, 2.45) is 5.73 Å². The fourth-order valence-electron chi connectivity index (χ4n) is 3.88. The standard InChI is InChI=1S/C26H28F3N5O3/c1-16(13-30)37-25-23(34-6-8-36-9-7-34)11-19(14-32-25)22-12-21(15-31-17(22)2)33-24(35)18-4-3-5-20(10-18)26(27,28)29/h3-5,10-12,14-16H,6-9,13,30H2,1-2H3,(H,33,35). The van der Waals surface area contributed by atoms with E-state index in [9.17, 15) is 18.0 Å². The summed E-state index contributed by atoms with van der Waals surface area (Å²) in [5, 5.41) is 2.64. The molecule has 2 aromatic heterocycles. The lowest BCUT2D eigenvalue weighted by atomic mass is 10.0. The predicted molar refractivity (Wildman–Crippen MR) is 134 cm³/mol. The number of amides is 1. The van der Waals surface area contributed by atoms with E-state index in [0.29, 0.717) is 55.7 Å². The van der Waals surface area contributed by atoms with Gasteiger partial charge in [-0.15, -0.1) is 0 Å². The van der Waals surface area contributed by atoms with Gasteiger partial charge in [-0.3, -0.25) is 9.78 Å². The van der Waals surface area contributed by atoms with Crippen LogP contribution in [0.1, 0.15) is 28.5 Å². The van der Waals surface area contributed by atoms with Gasteiger partial charge in [-0.05, 0) is 44.2 Å². The van der Waals surface area contributed by atoms with Gasteiger partial charge in [0.15, 0.2) is 0 Å². The van der Waals surface area contributed by atoms with Crippen LogP contribution in [0.15, 0.2) is 48.8 Å². The normalized spacial score (nSPS) is 14.8. The van der Waals surface area contributed by atoms with Crippen molar-refractivity contribution >= 4 is 17.3 Å². The number of benzene rings is 1. The van der Waals surface area contributed by atoms with Crippen LogP contribution < -0.4 is 20.7 Å². The fourth-order valence-corrected chi connectivity index (χ4v) is 3.88. The maximum atomic E-state index is 13.1. The number of rotatable bonds is 7. The van der Waals surface area contributed by atoms with Gasteiger partial charge in [-0.2, -0.15) is 13.2 Å². The van der Waals surface area contributed by atoms with E-state index in [0.717, 1.165) is 23.4 Å². The summed E-state index contributed by atoms with van der Waals surface area (Å²) >= 11 is 0. The molecule has 0 spiro atoms. The quantitative estimate of drug-likeness (QED) is 0.484. The second-order valence-corrected chi connectivity index (χ2v) is 8.70. The number of pyridine rings is 2. The first-order valence-corrected chi connectivity index (χ1v) is 11.8. The van der Waals surface area contributed by atoms with Crippen molar-refractivity contribution in [3.05, 3.63) is 65.6 Å². The number of morpholine rings is 1. The van der Waals surface area contributed by atoms with E-state index in [1.54, 1.807) is 12.3 Å². The first-order chi connectivity index (χ1) is 17.7. The van der Waals surface area contributed by atoms with E-state index >= 15 is 0 Å². The van der Waals surface area contributed by atoms with Gasteiger partial charge in [0.05, 0.1) is 30.7 Å². The predicted octanol–water partition coefficient (Wildman–Crippen LogP) is 4.29. The minimum Gasteiger partial charge on any atom is -0.472 e. The molecule has 3 N–H and O–H groups in total. The monoisotopic (exact) mass is 515 g/mol. The fraction of sp³-hybridized carbons (Fsp3) is 0.346. The summed E-state index contributed by atoms with van der Waals surface area (Å²) in [5.74, 6) is -0.211. The molecular formula is C26H28F3N5O3. The lowest BCUT2D eigenvalue weighted by molar-refractivity contribution is -0.137. The average Bonchev–Trinajstić information content (AvgIpc) is 2.90. The molecule has 196 valence electrons. The minimum atomic E-state index is -4.54. The topological polar surface area (TPSA) is 103 Å². The van der Waals surface area contributed by atoms with E-state index in [4.69, 9.17) is 15.2 Å². The Kier molecular flexibility index (Phi) is 7.94. The second-order valence-electron chi connectivity index (χ2n) is 8.70. The highest BCUT2D eigenvalue weighted by Crippen LogP contribution is 2.34. The van der Waals surface area contributed by atoms with Crippen molar-refractivity contribution < 1.29 is 27.4 Å². The maximum Gasteiger partial charge on any atom is 0.416 e. The van der Waals surface area contributed by atoms with Crippen LogP contribution >= 0.6 is 0 Å². The molecule has 0 aliphatic carbocycles. The third-order valence-electron chi connectivity index (χ3n) is 5.94. The number of carbonyl (C=O) groups excluding carboxylic acids is 1. The molecule has 3 aromatic rings. The number of aryl methyl sites for hydroxylation is 1. The van der Waals surface area contributed by atoms with Gasteiger partial charge < -0.3 is 25.4 Å². The Morgan fingerprint density at radius 3 is 2.65 bits per heavy atom. The van der Waals surface area contributed by atoms with Gasteiger partial charge in [-0.1, -0.05) is 6.07 Å². The van der Waals surface area contributed by atoms with Crippen molar-refractivity contribution in [1.29, 1.82) is 0 Å². The Labute approximate surface area is 212 Å². The lowest BCUT2D eigenvalue weighted by Gasteiger charge is -2.30. The number of nitrogens with one attached hydrogen (secondary N) is 1. The Morgan fingerprint density at radius 2 is 1.95 bits per heavy atom. The Bertz CT molecular complexity index is 1260. The van der Waals surface area contributed by atoms with Crippen LogP contribution in [0.3, 0.4) is 0 Å². The van der Waals surface area contributed by atoms with Crippen LogP contribution in [-0.4, -0.2) is 54.8 Å². The number of halogens is 3. The first-order valence-electron chi connectivity index (χ1n) is 11.8. The molecule has 0 saturated carbocycles. The van der Waals surface area contributed by atoms with Crippen LogP contribution in [0.5, 0.6) is 5.88 Å². The van der Waals surface area contributed by atoms with Gasteiger partial charge in [-0.25, -0.2) is 4.98 Å². The van der Waals surface area contributed by atoms with Gasteiger partial charge in [0.25, 0.3) is 5.91 Å². The van der Waals surface area contributed by atoms with E-state index in [2.05, 4.69) is 20.2 Å². The van der Waals surface area contributed by atoms with E-state index in [1.807, 2.05) is 19.9 Å². The molecular weight excluding hydrogens is 487 g/mol. The van der Waals surface area contributed by atoms with Gasteiger partial charge >= 0.3 is 6.18 Å². The molecule has 1 aromatic carbocycles. The molecule has 1 aliphatic rings. The van der Waals surface area contributed by atoms with Crippen LogP contribution in [0.4, 0.5) is 24.5 Å². The summed E-state index contributed by atoms with van der Waals surface area (Å²) in [6, 6.07) is 7.92. The number of ether oxygens (including phenoxy) is 2. The van der Waals surface area contributed by atoms with Gasteiger partial charge in [0.1, 0.15) is 11.8 Å². The molecule has 3 heterocycles. The van der Waals surface area contributed by atoms with Crippen molar-refractivity contribution in [2.75, 3.05) is 43.1 Å². The smallest absolute Gasteiger partial charge is 0.416 e. The number of nitrogens with two attached hydrogens (primary N) is 1. The lowest BCUT2D eigenvalue weighted by Crippen LogP contribution is -2.37. The van der Waals surface area contributed by atoms with Crippen LogP contribution in [-0.2, 0) is 10.9 Å². The molecule has 4 rings (SSSR count). The van der Waals surface area contributed by atoms with E-state index < -0.39 is 17.6 Å². The molecule has 1 fully saturated rings. The summed E-state index contributed by atoms with van der Waals surface area (Å²) in [6.07, 6.45) is -1.65. The molecule has 1 unspecified atom stereocenters. The number of hydrogen-bond acceptors (Lipinski definition) is 7. The third-order valence-corrected chi connectivity index (χ3v) is 5.94. The Balaban J connectivity index is 1.64. The molecule has 1 amide bonds. The molecule has 8 nitrogen and oxygen atoms in total. The highest BCUT2D eigenvalue weighted by Gasteiger charge is 2.31. The summed E-state index contributed by atoms with van der Waals surface area (Å²) in [4.78, 5) is 23.8. The van der Waals surface area contributed by atoms with Crippen LogP contribution in [0.2, 0.25) is 0 Å². The third kappa shape index (κ3) is 6.36. The van der Waals surface area contributed by atoms with Crippen molar-refractivity contribution in [3.63, 3.8) is 0 Å². The molecule has 1 atom stereocenters. The molecule has 37 heavy (non-hydrogen) atoms. The number of anilines is 2. The second kappa shape index (κ2) is 11.1. The Morgan fingerprint density at radius 1 is 1.19 bits per heavy atom. The van der Waals surface area contributed by atoms with Crippen LogP contribution in [0, 0.1) is 6.92 Å². The minimum absolute atomic E-state index is 0.108. The zero-order valence-corrected chi connectivity index (χ0v) is 20.5. The zero-order valence-electron chi connectivity index (χ0n) is 20.5. The number of aromatic nitrogens is 2. The highest BCUT2D eigenvalue weighted by atomic mass is 19.4. The van der Waals surface area contributed by atoms with Crippen LogP contribution in [0.25, 0.3) is 11.1 Å². The van der Waals surface area contributed by atoms with Crippen molar-refractivity contribution in [2.45, 2.75) is 26.1 Å². The largest absolute Gasteiger partial charge is 0.472 e. The average molecular weight is 516 g/mol. The molecule has 0 bridgehead atoms. The zero-order chi connectivity index (χ0) is 26.6. The molecule has 11 heteroatoms. The SMILES string of the molecule is Cc1ncc(NC(=O)c2cccc(C(F)(F)F)c2)cc1-c1cnc(OC(C)CN)c(N2CCOCC2)c1. The summed E-state index contributed by atoms with van der Waals surface area (Å²) in [5.41, 5.74) is 8.01. The van der Waals surface area contributed by atoms with Gasteiger partial charge in [0, 0.05) is 48.2 Å². The Hall–Kier alpha value is -3.70. The van der Waals surface area contributed by atoms with E-state index in [-0.39, 0.29) is 11.7 Å². The van der Waals surface area contributed by atoms with Crippen molar-refractivity contribution in [1.82, 2.24) is 9.97 Å². The number of carbonyl (C=O) groups is 1. The number of alkyl halides is 3. The molecule has 1 aliphatic heterocycles. The number of nitrogens with zero attached hydrogens (tertiary/aromatic N) is 3. The maximum absolute atomic E-state index is 13.1. The molecule has 1 saturated heterocycles. The van der Waals surface area contributed by atoms with E-state index in [1.165, 1.54) is 18.3 Å². The molecule has 0 radical (unpaired) electrons. The number of hydrogen-bond donors (Lipinski definition) is 2.